The lowest BCUT2D eigenvalue weighted by Crippen LogP contribution is -2.02. The van der Waals surface area contributed by atoms with Gasteiger partial charge in [0.2, 0.25) is 0 Å². The van der Waals surface area contributed by atoms with Crippen LogP contribution < -0.4 is 5.32 Å². The molecule has 1 aliphatic carbocycles. The van der Waals surface area contributed by atoms with E-state index >= 15 is 0 Å². The first-order chi connectivity index (χ1) is 5.75. The highest BCUT2D eigenvalue weighted by Crippen LogP contribution is 2.27. The maximum atomic E-state index is 13.1. The average Bonchev–Trinajstić information content (AvgIpc) is 2.79. The van der Waals surface area contributed by atoms with Crippen LogP contribution in [0.15, 0.2) is 18.2 Å². The Kier molecular flexibility index (Phi) is 1.93. The van der Waals surface area contributed by atoms with Gasteiger partial charge in [-0.25, -0.2) is 4.39 Å². The van der Waals surface area contributed by atoms with E-state index in [1.54, 1.807) is 12.1 Å². The Balaban J connectivity index is 2.18. The predicted octanol–water partition coefficient (Wildman–Crippen LogP) is 3.05. The van der Waals surface area contributed by atoms with Crippen LogP contribution in [0.25, 0.3) is 0 Å². The molecule has 1 saturated carbocycles. The molecule has 1 N–H and O–H groups in total. The van der Waals surface area contributed by atoms with Crippen molar-refractivity contribution in [2.75, 3.05) is 5.32 Å². The van der Waals surface area contributed by atoms with Crippen LogP contribution in [0.4, 0.5) is 10.1 Å². The molecule has 0 aliphatic heterocycles. The van der Waals surface area contributed by atoms with Gasteiger partial charge in [-0.2, -0.15) is 0 Å². The number of hydrogen-bond donors (Lipinski definition) is 1. The fourth-order valence-corrected chi connectivity index (χ4v) is 1.21. The molecule has 0 spiro atoms. The monoisotopic (exact) mass is 185 g/mol. The van der Waals surface area contributed by atoms with E-state index < -0.39 is 0 Å². The van der Waals surface area contributed by atoms with Gasteiger partial charge >= 0.3 is 0 Å². The second kappa shape index (κ2) is 2.94. The zero-order chi connectivity index (χ0) is 8.55. The zero-order valence-electron chi connectivity index (χ0n) is 6.48. The number of benzene rings is 1. The summed E-state index contributed by atoms with van der Waals surface area (Å²) in [5, 5.41) is 3.52. The first-order valence-corrected chi connectivity index (χ1v) is 4.35. The van der Waals surface area contributed by atoms with Crippen LogP contribution in [-0.2, 0) is 0 Å². The van der Waals surface area contributed by atoms with Crippen LogP contribution in [0.1, 0.15) is 12.8 Å². The smallest absolute Gasteiger partial charge is 0.147 e. The number of rotatable bonds is 2. The molecule has 0 amide bonds. The number of hydrogen-bond acceptors (Lipinski definition) is 1. The molecule has 0 bridgehead atoms. The molecule has 1 fully saturated rings. The van der Waals surface area contributed by atoms with E-state index in [-0.39, 0.29) is 5.82 Å². The van der Waals surface area contributed by atoms with Crippen molar-refractivity contribution in [1.82, 2.24) is 0 Å². The van der Waals surface area contributed by atoms with Crippen LogP contribution in [-0.4, -0.2) is 6.04 Å². The molecule has 64 valence electrons. The molecule has 0 saturated heterocycles. The van der Waals surface area contributed by atoms with Crippen LogP contribution in [0.5, 0.6) is 0 Å². The summed E-state index contributed by atoms with van der Waals surface area (Å²) in [6.45, 7) is 0. The van der Waals surface area contributed by atoms with Gasteiger partial charge in [-0.1, -0.05) is 11.6 Å². The zero-order valence-corrected chi connectivity index (χ0v) is 7.24. The maximum absolute atomic E-state index is 13.1. The van der Waals surface area contributed by atoms with Crippen molar-refractivity contribution in [2.45, 2.75) is 18.9 Å². The Morgan fingerprint density at radius 2 is 2.17 bits per heavy atom. The quantitative estimate of drug-likeness (QED) is 0.747. The van der Waals surface area contributed by atoms with Crippen molar-refractivity contribution in [3.8, 4) is 0 Å². The molecule has 1 nitrogen and oxygen atoms in total. The van der Waals surface area contributed by atoms with Gasteiger partial charge in [0.25, 0.3) is 0 Å². The summed E-state index contributed by atoms with van der Waals surface area (Å²) in [6, 6.07) is 5.16. The van der Waals surface area contributed by atoms with Crippen molar-refractivity contribution in [3.63, 3.8) is 0 Å². The lowest BCUT2D eigenvalue weighted by Gasteiger charge is -2.04. The normalized spacial score (nSPS) is 16.2. The van der Waals surface area contributed by atoms with E-state index in [1.807, 2.05) is 0 Å². The second-order valence-corrected chi connectivity index (χ2v) is 3.48. The number of nitrogens with one attached hydrogen (secondary N) is 1. The Morgan fingerprint density at radius 1 is 1.42 bits per heavy atom. The van der Waals surface area contributed by atoms with Gasteiger partial charge < -0.3 is 5.32 Å². The summed E-state index contributed by atoms with van der Waals surface area (Å²) in [5.74, 6) is -0.269. The van der Waals surface area contributed by atoms with E-state index in [1.165, 1.54) is 6.07 Å². The summed E-state index contributed by atoms with van der Waals surface area (Å²) in [5.41, 5.74) is 0.557. The number of anilines is 1. The third-order valence-electron chi connectivity index (χ3n) is 1.87. The van der Waals surface area contributed by atoms with Crippen molar-refractivity contribution in [3.05, 3.63) is 29.0 Å². The molecule has 0 aromatic heterocycles. The first-order valence-electron chi connectivity index (χ1n) is 3.97. The predicted molar refractivity (Wildman–Crippen MR) is 48.1 cm³/mol. The minimum atomic E-state index is -0.269. The molecular weight excluding hydrogens is 177 g/mol. The van der Waals surface area contributed by atoms with Crippen molar-refractivity contribution in [2.24, 2.45) is 0 Å². The molecule has 0 radical (unpaired) electrons. The highest BCUT2D eigenvalue weighted by atomic mass is 35.5. The van der Waals surface area contributed by atoms with Gasteiger partial charge in [0.05, 0.1) is 5.69 Å². The standard InChI is InChI=1S/C9H9ClFN/c10-6-1-4-9(8(11)5-6)12-7-2-3-7/h1,4-5,7,12H,2-3H2. The first kappa shape index (κ1) is 7.87. The van der Waals surface area contributed by atoms with Gasteiger partial charge in [0.15, 0.2) is 0 Å². The van der Waals surface area contributed by atoms with Crippen LogP contribution in [0.3, 0.4) is 0 Å². The highest BCUT2D eigenvalue weighted by Gasteiger charge is 2.21. The van der Waals surface area contributed by atoms with Gasteiger partial charge in [-0.3, -0.25) is 0 Å². The van der Waals surface area contributed by atoms with E-state index in [4.69, 9.17) is 11.6 Å². The van der Waals surface area contributed by atoms with Gasteiger partial charge in [-0.15, -0.1) is 0 Å². The summed E-state index contributed by atoms with van der Waals surface area (Å²) in [6.07, 6.45) is 2.28. The molecule has 2 rings (SSSR count). The van der Waals surface area contributed by atoms with Crippen LogP contribution in [0, 0.1) is 5.82 Å². The van der Waals surface area contributed by atoms with E-state index in [2.05, 4.69) is 5.32 Å². The fraction of sp³-hybridized carbons (Fsp3) is 0.333. The molecule has 0 heterocycles. The van der Waals surface area contributed by atoms with Gasteiger partial charge in [0.1, 0.15) is 5.82 Å². The largest absolute Gasteiger partial charge is 0.380 e. The van der Waals surface area contributed by atoms with Crippen molar-refractivity contribution in [1.29, 1.82) is 0 Å². The molecular formula is C9H9ClFN. The summed E-state index contributed by atoms with van der Waals surface area (Å²) < 4.78 is 13.1. The molecule has 3 heteroatoms. The van der Waals surface area contributed by atoms with Crippen LogP contribution in [0.2, 0.25) is 5.02 Å². The third-order valence-corrected chi connectivity index (χ3v) is 2.10. The highest BCUT2D eigenvalue weighted by molar-refractivity contribution is 6.30. The van der Waals surface area contributed by atoms with E-state index in [0.717, 1.165) is 12.8 Å². The topological polar surface area (TPSA) is 12.0 Å². The van der Waals surface area contributed by atoms with Gasteiger partial charge in [-0.05, 0) is 31.0 Å². The maximum Gasteiger partial charge on any atom is 0.147 e. The Morgan fingerprint density at radius 3 is 2.75 bits per heavy atom. The Hall–Kier alpha value is -0.760. The minimum Gasteiger partial charge on any atom is -0.380 e. The second-order valence-electron chi connectivity index (χ2n) is 3.04. The lowest BCUT2D eigenvalue weighted by atomic mass is 10.3. The molecule has 0 atom stereocenters. The lowest BCUT2D eigenvalue weighted by molar-refractivity contribution is 0.630. The van der Waals surface area contributed by atoms with E-state index in [0.29, 0.717) is 16.8 Å². The SMILES string of the molecule is Fc1cc(Cl)ccc1NC1CC1. The molecule has 1 aliphatic rings. The third kappa shape index (κ3) is 1.69. The molecule has 1 aromatic rings. The summed E-state index contributed by atoms with van der Waals surface area (Å²) in [4.78, 5) is 0. The Labute approximate surface area is 75.5 Å². The van der Waals surface area contributed by atoms with Crippen molar-refractivity contribution < 1.29 is 4.39 Å². The Bertz CT molecular complexity index is 297. The minimum absolute atomic E-state index is 0.269. The average molecular weight is 186 g/mol. The fourth-order valence-electron chi connectivity index (χ4n) is 1.05. The van der Waals surface area contributed by atoms with E-state index in [9.17, 15) is 4.39 Å². The molecule has 0 unspecified atom stereocenters. The molecule has 12 heavy (non-hydrogen) atoms. The summed E-state index contributed by atoms with van der Waals surface area (Å²) in [7, 11) is 0. The van der Waals surface area contributed by atoms with Crippen LogP contribution >= 0.6 is 11.6 Å². The van der Waals surface area contributed by atoms with Gasteiger partial charge in [0, 0.05) is 11.1 Å². The molecule has 1 aromatic carbocycles. The number of halogens is 2. The van der Waals surface area contributed by atoms with Crippen molar-refractivity contribution >= 4 is 17.3 Å². The summed E-state index contributed by atoms with van der Waals surface area (Å²) >= 11 is 5.60.